The second kappa shape index (κ2) is 10.1. The standard InChI is InChI=1S/C21H30N2O5/c1-21(2,3)28-20(26)22-17(11-12-18(24)23-13-7-8-14-23)19(25)27-15-16-9-5-4-6-10-16/h4-6,9-10,17H,7-8,11-15H2,1-3H3,(H,22,26)/t17-/m0/s1. The van der Waals surface area contributed by atoms with E-state index >= 15 is 0 Å². The Morgan fingerprint density at radius 2 is 1.75 bits per heavy atom. The number of rotatable bonds is 7. The number of benzene rings is 1. The molecule has 154 valence electrons. The fourth-order valence-corrected chi connectivity index (χ4v) is 2.92. The van der Waals surface area contributed by atoms with Gasteiger partial charge in [-0.25, -0.2) is 9.59 Å². The number of esters is 1. The summed E-state index contributed by atoms with van der Waals surface area (Å²) in [5.41, 5.74) is 0.161. The summed E-state index contributed by atoms with van der Waals surface area (Å²) in [6, 6.07) is 8.34. The minimum absolute atomic E-state index is 0.00986. The van der Waals surface area contributed by atoms with Gasteiger partial charge in [0.15, 0.2) is 0 Å². The van der Waals surface area contributed by atoms with Crippen molar-refractivity contribution in [1.82, 2.24) is 10.2 Å². The molecule has 2 amide bonds. The lowest BCUT2D eigenvalue weighted by Crippen LogP contribution is -2.45. The number of alkyl carbamates (subject to hydrolysis) is 1. The van der Waals surface area contributed by atoms with Gasteiger partial charge in [-0.1, -0.05) is 30.3 Å². The van der Waals surface area contributed by atoms with Crippen LogP contribution in [0.1, 0.15) is 52.0 Å². The maximum Gasteiger partial charge on any atom is 0.408 e. The van der Waals surface area contributed by atoms with E-state index in [2.05, 4.69) is 5.32 Å². The van der Waals surface area contributed by atoms with Crippen LogP contribution in [0.25, 0.3) is 0 Å². The zero-order valence-electron chi connectivity index (χ0n) is 16.9. The molecular formula is C21H30N2O5. The van der Waals surface area contributed by atoms with Crippen molar-refractivity contribution in [3.63, 3.8) is 0 Å². The van der Waals surface area contributed by atoms with Crippen molar-refractivity contribution in [2.75, 3.05) is 13.1 Å². The summed E-state index contributed by atoms with van der Waals surface area (Å²) in [5.74, 6) is -0.590. The number of hydrogen-bond acceptors (Lipinski definition) is 5. The first-order valence-corrected chi connectivity index (χ1v) is 9.72. The van der Waals surface area contributed by atoms with Gasteiger partial charge < -0.3 is 19.7 Å². The molecule has 1 atom stereocenters. The van der Waals surface area contributed by atoms with Crippen molar-refractivity contribution in [3.8, 4) is 0 Å². The Morgan fingerprint density at radius 1 is 1.11 bits per heavy atom. The summed E-state index contributed by atoms with van der Waals surface area (Å²) < 4.78 is 10.6. The smallest absolute Gasteiger partial charge is 0.408 e. The van der Waals surface area contributed by atoms with Gasteiger partial charge in [0, 0.05) is 19.5 Å². The zero-order valence-corrected chi connectivity index (χ0v) is 16.9. The first-order valence-electron chi connectivity index (χ1n) is 9.72. The largest absolute Gasteiger partial charge is 0.459 e. The van der Waals surface area contributed by atoms with Crippen LogP contribution in [-0.2, 0) is 25.7 Å². The highest BCUT2D eigenvalue weighted by atomic mass is 16.6. The van der Waals surface area contributed by atoms with Crippen LogP contribution in [0.2, 0.25) is 0 Å². The first-order chi connectivity index (χ1) is 13.2. The van der Waals surface area contributed by atoms with E-state index < -0.39 is 23.7 Å². The molecule has 0 unspecified atom stereocenters. The van der Waals surface area contributed by atoms with Crippen molar-refractivity contribution in [3.05, 3.63) is 35.9 Å². The van der Waals surface area contributed by atoms with Gasteiger partial charge >= 0.3 is 12.1 Å². The molecule has 0 bridgehead atoms. The van der Waals surface area contributed by atoms with E-state index in [4.69, 9.17) is 9.47 Å². The third-order valence-corrected chi connectivity index (χ3v) is 4.31. The Bertz CT molecular complexity index is 663. The average Bonchev–Trinajstić information content (AvgIpc) is 3.17. The van der Waals surface area contributed by atoms with E-state index in [-0.39, 0.29) is 25.4 Å². The Kier molecular flexibility index (Phi) is 7.84. The van der Waals surface area contributed by atoms with Gasteiger partial charge in [-0.3, -0.25) is 4.79 Å². The van der Waals surface area contributed by atoms with Crippen LogP contribution in [0.3, 0.4) is 0 Å². The van der Waals surface area contributed by atoms with Gasteiger partial charge in [0.1, 0.15) is 18.2 Å². The molecule has 0 spiro atoms. The molecule has 0 saturated carbocycles. The van der Waals surface area contributed by atoms with Gasteiger partial charge in [-0.15, -0.1) is 0 Å². The molecule has 28 heavy (non-hydrogen) atoms. The third-order valence-electron chi connectivity index (χ3n) is 4.31. The molecule has 1 fully saturated rings. The molecule has 1 aliphatic rings. The lowest BCUT2D eigenvalue weighted by Gasteiger charge is -2.23. The molecule has 0 aromatic heterocycles. The Hall–Kier alpha value is -2.57. The monoisotopic (exact) mass is 390 g/mol. The van der Waals surface area contributed by atoms with E-state index in [9.17, 15) is 14.4 Å². The van der Waals surface area contributed by atoms with Crippen LogP contribution in [0.4, 0.5) is 4.79 Å². The van der Waals surface area contributed by atoms with Gasteiger partial charge in [0.05, 0.1) is 0 Å². The quantitative estimate of drug-likeness (QED) is 0.724. The highest BCUT2D eigenvalue weighted by Crippen LogP contribution is 2.13. The van der Waals surface area contributed by atoms with Crippen molar-refractivity contribution in [1.29, 1.82) is 0 Å². The minimum atomic E-state index is -0.940. The summed E-state index contributed by atoms with van der Waals surface area (Å²) >= 11 is 0. The van der Waals surface area contributed by atoms with Crippen molar-refractivity contribution in [2.45, 2.75) is 64.7 Å². The molecule has 0 radical (unpaired) electrons. The fourth-order valence-electron chi connectivity index (χ4n) is 2.92. The Balaban J connectivity index is 1.94. The van der Waals surface area contributed by atoms with Crippen LogP contribution in [0.5, 0.6) is 0 Å². The number of likely N-dealkylation sites (tertiary alicyclic amines) is 1. The second-order valence-corrected chi connectivity index (χ2v) is 7.92. The molecule has 7 nitrogen and oxygen atoms in total. The third kappa shape index (κ3) is 7.58. The number of hydrogen-bond donors (Lipinski definition) is 1. The molecule has 1 aliphatic heterocycles. The minimum Gasteiger partial charge on any atom is -0.459 e. The summed E-state index contributed by atoms with van der Waals surface area (Å²) in [6.07, 6.45) is 1.64. The maximum atomic E-state index is 12.5. The summed E-state index contributed by atoms with van der Waals surface area (Å²) in [4.78, 5) is 38.7. The summed E-state index contributed by atoms with van der Waals surface area (Å²) in [6.45, 7) is 6.83. The van der Waals surface area contributed by atoms with Crippen molar-refractivity contribution < 1.29 is 23.9 Å². The number of amides is 2. The van der Waals surface area contributed by atoms with Gasteiger partial charge in [-0.2, -0.15) is 0 Å². The van der Waals surface area contributed by atoms with E-state index in [1.807, 2.05) is 30.3 Å². The second-order valence-electron chi connectivity index (χ2n) is 7.92. The van der Waals surface area contributed by atoms with Crippen LogP contribution in [0, 0.1) is 0 Å². The maximum absolute atomic E-state index is 12.5. The molecule has 1 aromatic carbocycles. The molecule has 1 saturated heterocycles. The normalized spacial score (nSPS) is 15.0. The zero-order chi connectivity index (χ0) is 20.6. The van der Waals surface area contributed by atoms with E-state index in [0.717, 1.165) is 31.5 Å². The molecular weight excluding hydrogens is 360 g/mol. The molecule has 1 N–H and O–H groups in total. The van der Waals surface area contributed by atoms with Crippen LogP contribution in [0.15, 0.2) is 30.3 Å². The summed E-state index contributed by atoms with van der Waals surface area (Å²) in [5, 5.41) is 2.55. The molecule has 0 aliphatic carbocycles. The Morgan fingerprint density at radius 3 is 2.36 bits per heavy atom. The number of carbonyl (C=O) groups excluding carboxylic acids is 3. The SMILES string of the molecule is CC(C)(C)OC(=O)N[C@@H](CCC(=O)N1CCCC1)C(=O)OCc1ccccc1. The summed E-state index contributed by atoms with van der Waals surface area (Å²) in [7, 11) is 0. The van der Waals surface area contributed by atoms with Crippen molar-refractivity contribution in [2.24, 2.45) is 0 Å². The van der Waals surface area contributed by atoms with Crippen LogP contribution >= 0.6 is 0 Å². The highest BCUT2D eigenvalue weighted by Gasteiger charge is 2.27. The van der Waals surface area contributed by atoms with E-state index in [1.54, 1.807) is 25.7 Å². The van der Waals surface area contributed by atoms with Crippen LogP contribution < -0.4 is 5.32 Å². The average molecular weight is 390 g/mol. The van der Waals surface area contributed by atoms with Gasteiger partial charge in [0.2, 0.25) is 5.91 Å². The topological polar surface area (TPSA) is 84.9 Å². The predicted octanol–water partition coefficient (Wildman–Crippen LogP) is 3.03. The molecule has 2 rings (SSSR count). The van der Waals surface area contributed by atoms with Gasteiger partial charge in [0.25, 0.3) is 0 Å². The lowest BCUT2D eigenvalue weighted by molar-refractivity contribution is -0.147. The number of nitrogens with zero attached hydrogens (tertiary/aromatic N) is 1. The molecule has 7 heteroatoms. The van der Waals surface area contributed by atoms with E-state index in [1.165, 1.54) is 0 Å². The highest BCUT2D eigenvalue weighted by molar-refractivity contribution is 5.83. The predicted molar refractivity (Wildman–Crippen MR) is 104 cm³/mol. The number of carbonyl (C=O) groups is 3. The van der Waals surface area contributed by atoms with Gasteiger partial charge in [-0.05, 0) is 45.6 Å². The lowest BCUT2D eigenvalue weighted by atomic mass is 10.1. The fraction of sp³-hybridized carbons (Fsp3) is 0.571. The molecule has 1 aromatic rings. The number of nitrogens with one attached hydrogen (secondary N) is 1. The van der Waals surface area contributed by atoms with E-state index in [0.29, 0.717) is 0 Å². The molecule has 1 heterocycles. The number of ether oxygens (including phenoxy) is 2. The first kappa shape index (κ1) is 21.7. The van der Waals surface area contributed by atoms with Crippen molar-refractivity contribution >= 4 is 18.0 Å². The van der Waals surface area contributed by atoms with Crippen LogP contribution in [-0.4, -0.2) is 47.6 Å². The Labute approximate surface area is 166 Å².